The summed E-state index contributed by atoms with van der Waals surface area (Å²) in [5.74, 6) is -0.520. The van der Waals surface area contributed by atoms with Crippen LogP contribution in [0.25, 0.3) is 0 Å². The molecule has 2 N–H and O–H groups in total. The number of rotatable bonds is 5. The molecule has 0 radical (unpaired) electrons. The molecule has 0 fully saturated rings. The molecule has 1 amide bonds. The smallest absolute Gasteiger partial charge is 0.326 e. The molecule has 1 aromatic carbocycles. The molecule has 1 aliphatic rings. The molecule has 0 aliphatic heterocycles. The van der Waals surface area contributed by atoms with Gasteiger partial charge in [-0.25, -0.2) is 4.79 Å². The molecule has 3 rings (SSSR count). The molecule has 132 valence electrons. The van der Waals surface area contributed by atoms with E-state index in [1.165, 1.54) is 11.1 Å². The van der Waals surface area contributed by atoms with Gasteiger partial charge in [-0.3, -0.25) is 4.79 Å². The summed E-state index contributed by atoms with van der Waals surface area (Å²) in [6, 6.07) is 9.00. The third-order valence-electron chi connectivity index (χ3n) is 4.86. The lowest BCUT2D eigenvalue weighted by atomic mass is 9.79. The summed E-state index contributed by atoms with van der Waals surface area (Å²) in [6.45, 7) is 3.54. The Balaban J connectivity index is 1.76. The number of carbonyl (C=O) groups is 2. The predicted octanol–water partition coefficient (Wildman–Crippen LogP) is 3.59. The number of hydrogen-bond acceptors (Lipinski definition) is 3. The van der Waals surface area contributed by atoms with Gasteiger partial charge in [0.05, 0.1) is 0 Å². The summed E-state index contributed by atoms with van der Waals surface area (Å²) in [7, 11) is 0. The Kier molecular flexibility index (Phi) is 4.93. The Morgan fingerprint density at radius 3 is 2.76 bits per heavy atom. The van der Waals surface area contributed by atoms with Gasteiger partial charge in [0.1, 0.15) is 11.8 Å². The zero-order chi connectivity index (χ0) is 18.0. The molecule has 5 heteroatoms. The summed E-state index contributed by atoms with van der Waals surface area (Å²) in [5, 5.41) is 12.2. The Labute approximate surface area is 147 Å². The molecule has 2 unspecified atom stereocenters. The first kappa shape index (κ1) is 17.3. The van der Waals surface area contributed by atoms with Gasteiger partial charge < -0.3 is 14.8 Å². The van der Waals surface area contributed by atoms with Crippen LogP contribution in [0.5, 0.6) is 0 Å². The van der Waals surface area contributed by atoms with Crippen molar-refractivity contribution in [3.8, 4) is 0 Å². The van der Waals surface area contributed by atoms with Gasteiger partial charge in [0, 0.05) is 5.56 Å². The maximum absolute atomic E-state index is 12.4. The SMILES string of the molecule is Cc1cc(C)c(C(=O)NC(CC2CCCc3ccccc32)C(=O)O)o1. The average molecular weight is 341 g/mol. The van der Waals surface area contributed by atoms with Gasteiger partial charge in [0.15, 0.2) is 5.76 Å². The molecular formula is C20H23NO4. The number of fused-ring (bicyclic) bond motifs is 1. The van der Waals surface area contributed by atoms with E-state index in [2.05, 4.69) is 17.4 Å². The fourth-order valence-electron chi connectivity index (χ4n) is 3.70. The van der Waals surface area contributed by atoms with Gasteiger partial charge >= 0.3 is 5.97 Å². The van der Waals surface area contributed by atoms with E-state index >= 15 is 0 Å². The number of aliphatic carboxylic acids is 1. The van der Waals surface area contributed by atoms with Gasteiger partial charge in [-0.1, -0.05) is 24.3 Å². The van der Waals surface area contributed by atoms with E-state index in [0.717, 1.165) is 19.3 Å². The molecule has 1 aliphatic carbocycles. The van der Waals surface area contributed by atoms with E-state index in [1.54, 1.807) is 19.9 Å². The first-order valence-corrected chi connectivity index (χ1v) is 8.64. The van der Waals surface area contributed by atoms with Crippen molar-refractivity contribution in [2.24, 2.45) is 0 Å². The monoisotopic (exact) mass is 341 g/mol. The highest BCUT2D eigenvalue weighted by atomic mass is 16.4. The lowest BCUT2D eigenvalue weighted by Crippen LogP contribution is -2.42. The summed E-state index contributed by atoms with van der Waals surface area (Å²) in [5.41, 5.74) is 3.20. The van der Waals surface area contributed by atoms with Gasteiger partial charge in [0.25, 0.3) is 5.91 Å². The fourth-order valence-corrected chi connectivity index (χ4v) is 3.70. The number of furan rings is 1. The fraction of sp³-hybridized carbons (Fsp3) is 0.400. The van der Waals surface area contributed by atoms with Crippen LogP contribution in [-0.4, -0.2) is 23.0 Å². The van der Waals surface area contributed by atoms with Crippen LogP contribution in [-0.2, 0) is 11.2 Å². The highest BCUT2D eigenvalue weighted by molar-refractivity contribution is 5.95. The minimum absolute atomic E-state index is 0.144. The third kappa shape index (κ3) is 3.76. The number of carboxylic acid groups (broad SMARTS) is 1. The topological polar surface area (TPSA) is 79.5 Å². The van der Waals surface area contributed by atoms with Gasteiger partial charge in [-0.05, 0) is 62.6 Å². The van der Waals surface area contributed by atoms with E-state index in [0.29, 0.717) is 17.7 Å². The molecular weight excluding hydrogens is 318 g/mol. The lowest BCUT2D eigenvalue weighted by Gasteiger charge is -2.27. The number of hydrogen-bond donors (Lipinski definition) is 2. The maximum atomic E-state index is 12.4. The molecule has 0 bridgehead atoms. The second-order valence-electron chi connectivity index (χ2n) is 6.76. The number of nitrogens with one attached hydrogen (secondary N) is 1. The second kappa shape index (κ2) is 7.13. The predicted molar refractivity (Wildman–Crippen MR) is 93.8 cm³/mol. The molecule has 1 heterocycles. The van der Waals surface area contributed by atoms with Crippen molar-refractivity contribution in [1.29, 1.82) is 0 Å². The quantitative estimate of drug-likeness (QED) is 0.871. The summed E-state index contributed by atoms with van der Waals surface area (Å²) in [4.78, 5) is 24.1. The van der Waals surface area contributed by atoms with Crippen molar-refractivity contribution < 1.29 is 19.1 Å². The molecule has 2 atom stereocenters. The summed E-state index contributed by atoms with van der Waals surface area (Å²) in [6.07, 6.45) is 3.40. The minimum Gasteiger partial charge on any atom is -0.480 e. The van der Waals surface area contributed by atoms with E-state index in [-0.39, 0.29) is 11.7 Å². The number of amides is 1. The highest BCUT2D eigenvalue weighted by Gasteiger charge is 2.29. The molecule has 1 aromatic heterocycles. The minimum atomic E-state index is -1.02. The first-order valence-electron chi connectivity index (χ1n) is 8.64. The van der Waals surface area contributed by atoms with Gasteiger partial charge in [-0.15, -0.1) is 0 Å². The number of benzene rings is 1. The summed E-state index contributed by atoms with van der Waals surface area (Å²) >= 11 is 0. The zero-order valence-electron chi connectivity index (χ0n) is 14.5. The van der Waals surface area contributed by atoms with E-state index in [4.69, 9.17) is 4.42 Å². The standard InChI is InChI=1S/C20H23NO4/c1-12-10-13(2)25-18(12)19(22)21-17(20(23)24)11-15-8-5-7-14-6-3-4-9-16(14)15/h3-4,6,9-10,15,17H,5,7-8,11H2,1-2H3,(H,21,22)(H,23,24). The number of carboxylic acids is 1. The molecule has 2 aromatic rings. The van der Waals surface area contributed by atoms with E-state index in [9.17, 15) is 14.7 Å². The average Bonchev–Trinajstić information content (AvgIpc) is 2.93. The second-order valence-corrected chi connectivity index (χ2v) is 6.76. The largest absolute Gasteiger partial charge is 0.480 e. The van der Waals surface area contributed by atoms with Crippen LogP contribution in [0.2, 0.25) is 0 Å². The van der Waals surface area contributed by atoms with E-state index < -0.39 is 17.9 Å². The van der Waals surface area contributed by atoms with Crippen LogP contribution in [0, 0.1) is 13.8 Å². The molecule has 5 nitrogen and oxygen atoms in total. The van der Waals surface area contributed by atoms with Gasteiger partial charge in [0.2, 0.25) is 0 Å². The van der Waals surface area contributed by atoms with Crippen molar-refractivity contribution in [3.05, 3.63) is 58.5 Å². The molecule has 0 spiro atoms. The number of aryl methyl sites for hydroxylation is 3. The van der Waals surface area contributed by atoms with Crippen LogP contribution in [0.1, 0.15) is 58.2 Å². The Morgan fingerprint density at radius 1 is 1.32 bits per heavy atom. The van der Waals surface area contributed by atoms with Crippen molar-refractivity contribution in [3.63, 3.8) is 0 Å². The van der Waals surface area contributed by atoms with Crippen LogP contribution < -0.4 is 5.32 Å². The van der Waals surface area contributed by atoms with Crippen LogP contribution in [0.15, 0.2) is 34.7 Å². The van der Waals surface area contributed by atoms with Crippen molar-refractivity contribution in [2.75, 3.05) is 0 Å². The molecule has 0 saturated carbocycles. The van der Waals surface area contributed by atoms with Crippen molar-refractivity contribution in [2.45, 2.75) is 51.5 Å². The summed E-state index contributed by atoms with van der Waals surface area (Å²) < 4.78 is 5.40. The molecule has 0 saturated heterocycles. The van der Waals surface area contributed by atoms with Crippen LogP contribution in [0.3, 0.4) is 0 Å². The highest BCUT2D eigenvalue weighted by Crippen LogP contribution is 2.34. The molecule has 25 heavy (non-hydrogen) atoms. The third-order valence-corrected chi connectivity index (χ3v) is 4.86. The first-order chi connectivity index (χ1) is 12.0. The Hall–Kier alpha value is -2.56. The zero-order valence-corrected chi connectivity index (χ0v) is 14.5. The van der Waals surface area contributed by atoms with Gasteiger partial charge in [-0.2, -0.15) is 0 Å². The van der Waals surface area contributed by atoms with Crippen LogP contribution in [0.4, 0.5) is 0 Å². The number of carbonyl (C=O) groups excluding carboxylic acids is 1. The van der Waals surface area contributed by atoms with E-state index in [1.807, 2.05) is 12.1 Å². The normalized spacial score (nSPS) is 17.6. The van der Waals surface area contributed by atoms with Crippen molar-refractivity contribution >= 4 is 11.9 Å². The Morgan fingerprint density at radius 2 is 2.08 bits per heavy atom. The Bertz CT molecular complexity index is 793. The maximum Gasteiger partial charge on any atom is 0.326 e. The van der Waals surface area contributed by atoms with Crippen molar-refractivity contribution in [1.82, 2.24) is 5.32 Å². The van der Waals surface area contributed by atoms with Crippen LogP contribution >= 0.6 is 0 Å². The lowest BCUT2D eigenvalue weighted by molar-refractivity contribution is -0.139.